The van der Waals surface area contributed by atoms with Crippen molar-refractivity contribution < 1.29 is 48.0 Å². The monoisotopic (exact) mass is 366 g/mol. The summed E-state index contributed by atoms with van der Waals surface area (Å²) in [5.74, 6) is -1.88. The molecule has 1 heterocycles. The zero-order valence-electron chi connectivity index (χ0n) is 15.3. The number of aliphatic carboxylic acids is 1. The van der Waals surface area contributed by atoms with E-state index in [0.29, 0.717) is 6.42 Å². The molecule has 0 saturated carbocycles. The molecule has 1 N–H and O–H groups in total. The predicted octanol–water partition coefficient (Wildman–Crippen LogP) is 0.513. The van der Waals surface area contributed by atoms with E-state index < -0.39 is 30.4 Å². The minimum absolute atomic E-state index is 0.245. The summed E-state index contributed by atoms with van der Waals surface area (Å²) in [6, 6.07) is 0. The molecule has 146 valence electrons. The second kappa shape index (κ2) is 14.2. The summed E-state index contributed by atoms with van der Waals surface area (Å²) in [7, 11) is 2.82. The molecule has 0 aromatic rings. The zero-order chi connectivity index (χ0) is 20.0. The smallest absolute Gasteiger partial charge is 0.303 e. The Kier molecular flexibility index (Phi) is 14.2. The van der Waals surface area contributed by atoms with Gasteiger partial charge in [-0.15, -0.1) is 0 Å². The summed E-state index contributed by atoms with van der Waals surface area (Å²) >= 11 is 0. The normalized spacial score (nSPS) is 21.3. The molecule has 0 aromatic heterocycles. The number of hydrogen-bond acceptors (Lipinski definition) is 9. The van der Waals surface area contributed by atoms with Crippen molar-refractivity contribution in [1.29, 1.82) is 0 Å². The van der Waals surface area contributed by atoms with Crippen molar-refractivity contribution in [2.24, 2.45) is 0 Å². The van der Waals surface area contributed by atoms with E-state index in [0.717, 1.165) is 6.92 Å². The minimum Gasteiger partial charge on any atom is -0.481 e. The Labute approximate surface area is 146 Å². The van der Waals surface area contributed by atoms with Crippen molar-refractivity contribution in [3.8, 4) is 0 Å². The van der Waals surface area contributed by atoms with Gasteiger partial charge in [0.1, 0.15) is 6.10 Å². The lowest BCUT2D eigenvalue weighted by Gasteiger charge is -2.33. The van der Waals surface area contributed by atoms with Crippen LogP contribution in [0.15, 0.2) is 0 Å². The average Bonchev–Trinajstić information content (AvgIpc) is 2.46. The number of carboxylic acid groups (broad SMARTS) is 1. The first-order valence-corrected chi connectivity index (χ1v) is 7.26. The molecule has 10 nitrogen and oxygen atoms in total. The molecule has 1 rings (SSSR count). The van der Waals surface area contributed by atoms with Crippen LogP contribution in [0.4, 0.5) is 0 Å². The molecular formula is C15H26O10. The Morgan fingerprint density at radius 3 is 1.68 bits per heavy atom. The summed E-state index contributed by atoms with van der Waals surface area (Å²) in [5.41, 5.74) is 0. The molecule has 3 atom stereocenters. The standard InChI is InChI=1S/C10H16O6.C3H6O2.C2H4O2/c1-6(11)15-8-4-9(16-7(2)12)10(13-3)14-5-8;1-3(4)5-2;1-2(3)4/h8-10H,4-5H2,1-3H3;1-2H3;1H3,(H,3,4). The van der Waals surface area contributed by atoms with E-state index in [4.69, 9.17) is 28.8 Å². The summed E-state index contributed by atoms with van der Waals surface area (Å²) in [5, 5.41) is 7.42. The SMILES string of the molecule is CC(=O)O.COC(C)=O.COC1OCC(OC(C)=O)CC1OC(C)=O. The van der Waals surface area contributed by atoms with Crippen molar-refractivity contribution in [1.82, 2.24) is 0 Å². The number of carbonyl (C=O) groups excluding carboxylic acids is 3. The highest BCUT2D eigenvalue weighted by molar-refractivity contribution is 5.67. The molecular weight excluding hydrogens is 340 g/mol. The molecule has 0 aliphatic carbocycles. The maximum absolute atomic E-state index is 10.9. The van der Waals surface area contributed by atoms with Crippen LogP contribution in [0, 0.1) is 0 Å². The zero-order valence-corrected chi connectivity index (χ0v) is 15.3. The van der Waals surface area contributed by atoms with E-state index in [1.165, 1.54) is 35.0 Å². The van der Waals surface area contributed by atoms with Gasteiger partial charge in [0.2, 0.25) is 0 Å². The molecule has 3 unspecified atom stereocenters. The summed E-state index contributed by atoms with van der Waals surface area (Å²) in [4.78, 5) is 40.2. The molecule has 1 aliphatic heterocycles. The van der Waals surface area contributed by atoms with Crippen LogP contribution >= 0.6 is 0 Å². The number of ether oxygens (including phenoxy) is 5. The van der Waals surface area contributed by atoms with Gasteiger partial charge in [-0.3, -0.25) is 19.2 Å². The van der Waals surface area contributed by atoms with Gasteiger partial charge >= 0.3 is 17.9 Å². The van der Waals surface area contributed by atoms with E-state index in [2.05, 4.69) is 4.74 Å². The molecule has 1 fully saturated rings. The van der Waals surface area contributed by atoms with Gasteiger partial charge in [0, 0.05) is 41.2 Å². The van der Waals surface area contributed by atoms with Gasteiger partial charge in [0.05, 0.1) is 13.7 Å². The van der Waals surface area contributed by atoms with Gasteiger partial charge in [-0.2, -0.15) is 0 Å². The summed E-state index contributed by atoms with van der Waals surface area (Å²) in [6.07, 6.45) is -1.15. The van der Waals surface area contributed by atoms with Crippen LogP contribution in [-0.2, 0) is 42.9 Å². The Balaban J connectivity index is 0. The number of carboxylic acids is 1. The van der Waals surface area contributed by atoms with Crippen LogP contribution in [0.1, 0.15) is 34.1 Å². The first-order valence-electron chi connectivity index (χ1n) is 7.26. The first kappa shape index (κ1) is 25.0. The van der Waals surface area contributed by atoms with E-state index >= 15 is 0 Å². The molecule has 25 heavy (non-hydrogen) atoms. The highest BCUT2D eigenvalue weighted by Gasteiger charge is 2.35. The molecule has 1 aliphatic rings. The molecule has 1 saturated heterocycles. The van der Waals surface area contributed by atoms with Crippen LogP contribution in [0.5, 0.6) is 0 Å². The second-order valence-electron chi connectivity index (χ2n) is 4.77. The van der Waals surface area contributed by atoms with E-state index in [1.54, 1.807) is 0 Å². The fourth-order valence-electron chi connectivity index (χ4n) is 1.60. The quantitative estimate of drug-likeness (QED) is 0.556. The van der Waals surface area contributed by atoms with Crippen molar-refractivity contribution in [3.05, 3.63) is 0 Å². The van der Waals surface area contributed by atoms with Gasteiger partial charge in [0.15, 0.2) is 12.4 Å². The van der Waals surface area contributed by atoms with Crippen molar-refractivity contribution >= 4 is 23.9 Å². The van der Waals surface area contributed by atoms with Crippen molar-refractivity contribution in [3.63, 3.8) is 0 Å². The van der Waals surface area contributed by atoms with Crippen LogP contribution in [0.25, 0.3) is 0 Å². The Hall–Kier alpha value is -2.20. The lowest BCUT2D eigenvalue weighted by molar-refractivity contribution is -0.238. The number of rotatable bonds is 3. The van der Waals surface area contributed by atoms with Gasteiger partial charge in [0.25, 0.3) is 5.97 Å². The lowest BCUT2D eigenvalue weighted by Crippen LogP contribution is -2.45. The number of carbonyl (C=O) groups is 4. The van der Waals surface area contributed by atoms with E-state index in [-0.39, 0.29) is 18.5 Å². The van der Waals surface area contributed by atoms with Gasteiger partial charge in [-0.05, 0) is 0 Å². The maximum Gasteiger partial charge on any atom is 0.303 e. The average molecular weight is 366 g/mol. The number of methoxy groups -OCH3 is 2. The maximum atomic E-state index is 10.9. The third-order valence-corrected chi connectivity index (χ3v) is 2.41. The topological polar surface area (TPSA) is 135 Å². The summed E-state index contributed by atoms with van der Waals surface area (Å²) < 4.78 is 24.4. The van der Waals surface area contributed by atoms with E-state index in [1.807, 2.05) is 0 Å². The number of esters is 3. The molecule has 0 spiro atoms. The van der Waals surface area contributed by atoms with Gasteiger partial charge < -0.3 is 28.8 Å². The molecule has 0 radical (unpaired) electrons. The third-order valence-electron chi connectivity index (χ3n) is 2.41. The highest BCUT2D eigenvalue weighted by Crippen LogP contribution is 2.20. The molecule has 0 amide bonds. The second-order valence-corrected chi connectivity index (χ2v) is 4.77. The Bertz CT molecular complexity index is 430. The number of hydrogen-bond donors (Lipinski definition) is 1. The largest absolute Gasteiger partial charge is 0.481 e. The molecule has 10 heteroatoms. The van der Waals surface area contributed by atoms with Crippen LogP contribution < -0.4 is 0 Å². The Morgan fingerprint density at radius 2 is 1.36 bits per heavy atom. The van der Waals surface area contributed by atoms with Gasteiger partial charge in [-0.25, -0.2) is 0 Å². The molecule has 0 aromatic carbocycles. The minimum atomic E-state index is -0.833. The van der Waals surface area contributed by atoms with E-state index in [9.17, 15) is 14.4 Å². The van der Waals surface area contributed by atoms with Crippen LogP contribution in [0.3, 0.4) is 0 Å². The summed E-state index contributed by atoms with van der Waals surface area (Å²) in [6.45, 7) is 5.32. The fraction of sp³-hybridized carbons (Fsp3) is 0.733. The third kappa shape index (κ3) is 16.4. The van der Waals surface area contributed by atoms with Crippen LogP contribution in [-0.4, -0.2) is 68.3 Å². The first-order chi connectivity index (χ1) is 11.5. The lowest BCUT2D eigenvalue weighted by atomic mass is 10.1. The molecule has 0 bridgehead atoms. The highest BCUT2D eigenvalue weighted by atomic mass is 16.7. The van der Waals surface area contributed by atoms with Crippen LogP contribution in [0.2, 0.25) is 0 Å². The fourth-order valence-corrected chi connectivity index (χ4v) is 1.60. The predicted molar refractivity (Wildman–Crippen MR) is 83.5 cm³/mol. The Morgan fingerprint density at radius 1 is 0.920 bits per heavy atom. The van der Waals surface area contributed by atoms with Crippen molar-refractivity contribution in [2.75, 3.05) is 20.8 Å². The van der Waals surface area contributed by atoms with Crippen molar-refractivity contribution in [2.45, 2.75) is 52.6 Å². The van der Waals surface area contributed by atoms with Gasteiger partial charge in [-0.1, -0.05) is 0 Å².